The van der Waals surface area contributed by atoms with Gasteiger partial charge < -0.3 is 15.5 Å². The first kappa shape index (κ1) is 17.0. The minimum atomic E-state index is 0. The average Bonchev–Trinajstić information content (AvgIpc) is 2.87. The molecule has 20 heavy (non-hydrogen) atoms. The molecule has 2 rings (SSSR count). The predicted octanol–water partition coefficient (Wildman–Crippen LogP) is 2.18. The van der Waals surface area contributed by atoms with Crippen molar-refractivity contribution in [2.45, 2.75) is 58.0 Å². The van der Waals surface area contributed by atoms with Crippen LogP contribution in [0.25, 0.3) is 0 Å². The Labute approximate surface area is 126 Å². The van der Waals surface area contributed by atoms with E-state index in [4.69, 9.17) is 10.2 Å². The lowest BCUT2D eigenvalue weighted by atomic mass is 9.83. The first-order chi connectivity index (χ1) is 9.19. The van der Waals surface area contributed by atoms with Crippen molar-refractivity contribution in [1.29, 1.82) is 0 Å². The normalized spacial score (nSPS) is 22.1. The highest BCUT2D eigenvalue weighted by Gasteiger charge is 2.24. The Morgan fingerprint density at radius 3 is 2.90 bits per heavy atom. The number of aryl methyl sites for hydroxylation is 1. The molecule has 1 aliphatic carbocycles. The number of rotatable bonds is 5. The van der Waals surface area contributed by atoms with Gasteiger partial charge >= 0.3 is 0 Å². The number of aromatic nitrogens is 1. The number of amides is 1. The highest BCUT2D eigenvalue weighted by Crippen LogP contribution is 2.25. The van der Waals surface area contributed by atoms with Crippen LogP contribution in [0.2, 0.25) is 0 Å². The van der Waals surface area contributed by atoms with Gasteiger partial charge in [0.1, 0.15) is 5.76 Å². The number of carbonyl (C=O) groups excluding carboxylic acids is 1. The third kappa shape index (κ3) is 4.80. The number of carbonyl (C=O) groups is 1. The van der Waals surface area contributed by atoms with Crippen LogP contribution in [0.4, 0.5) is 0 Å². The van der Waals surface area contributed by atoms with Crippen molar-refractivity contribution in [3.05, 3.63) is 17.8 Å². The fourth-order valence-electron chi connectivity index (χ4n) is 2.57. The molecular formula is C14H24ClN3O2. The van der Waals surface area contributed by atoms with E-state index >= 15 is 0 Å². The smallest absolute Gasteiger partial charge is 0.220 e. The number of nitrogens with two attached hydrogens (primary N) is 1. The molecule has 1 aliphatic rings. The first-order valence-electron chi connectivity index (χ1n) is 7.15. The molecule has 5 nitrogen and oxygen atoms in total. The zero-order chi connectivity index (χ0) is 13.7. The highest BCUT2D eigenvalue weighted by molar-refractivity contribution is 5.85. The van der Waals surface area contributed by atoms with Gasteiger partial charge in [-0.3, -0.25) is 4.79 Å². The molecule has 1 saturated carbocycles. The van der Waals surface area contributed by atoms with E-state index in [1.54, 1.807) is 6.20 Å². The van der Waals surface area contributed by atoms with Crippen LogP contribution in [0.1, 0.15) is 50.7 Å². The van der Waals surface area contributed by atoms with Crippen molar-refractivity contribution in [2.24, 2.45) is 11.7 Å². The molecule has 0 spiro atoms. The summed E-state index contributed by atoms with van der Waals surface area (Å²) < 4.78 is 5.44. The Morgan fingerprint density at radius 2 is 2.25 bits per heavy atom. The predicted molar refractivity (Wildman–Crippen MR) is 79.5 cm³/mol. The largest absolute Gasteiger partial charge is 0.444 e. The molecule has 1 fully saturated rings. The van der Waals surface area contributed by atoms with Crippen molar-refractivity contribution in [3.63, 3.8) is 0 Å². The summed E-state index contributed by atoms with van der Waals surface area (Å²) in [5, 5.41) is 2.85. The maximum atomic E-state index is 11.9. The van der Waals surface area contributed by atoms with Crippen LogP contribution in [0.5, 0.6) is 0 Å². The molecule has 114 valence electrons. The second-order valence-electron chi connectivity index (χ2n) is 5.26. The fraction of sp³-hybridized carbons (Fsp3) is 0.714. The van der Waals surface area contributed by atoms with Gasteiger partial charge in [0.2, 0.25) is 11.8 Å². The average molecular weight is 302 g/mol. The summed E-state index contributed by atoms with van der Waals surface area (Å²) in [6.07, 6.45) is 7.52. The Kier molecular flexibility index (Phi) is 7.02. The molecular weight excluding hydrogens is 278 g/mol. The summed E-state index contributed by atoms with van der Waals surface area (Å²) in [6, 6.07) is 0.174. The van der Waals surface area contributed by atoms with E-state index < -0.39 is 0 Å². The third-order valence-corrected chi connectivity index (χ3v) is 3.80. The van der Waals surface area contributed by atoms with E-state index in [2.05, 4.69) is 10.3 Å². The zero-order valence-corrected chi connectivity index (χ0v) is 12.7. The molecule has 1 aromatic rings. The number of hydrogen-bond acceptors (Lipinski definition) is 4. The van der Waals surface area contributed by atoms with Crippen LogP contribution < -0.4 is 11.1 Å². The summed E-state index contributed by atoms with van der Waals surface area (Å²) >= 11 is 0. The Bertz CT molecular complexity index is 422. The maximum absolute atomic E-state index is 11.9. The molecule has 0 aliphatic heterocycles. The molecule has 0 radical (unpaired) electrons. The second-order valence-corrected chi connectivity index (χ2v) is 5.26. The van der Waals surface area contributed by atoms with Crippen LogP contribution in [-0.2, 0) is 17.8 Å². The first-order valence-corrected chi connectivity index (χ1v) is 7.15. The van der Waals surface area contributed by atoms with Gasteiger partial charge in [0, 0.05) is 18.9 Å². The number of hydrogen-bond donors (Lipinski definition) is 2. The molecule has 0 bridgehead atoms. The standard InChI is InChI=1S/C14H23N3O2.ClH/c1-2-11-8-17-14(19-11)9-16-13(18)7-10-5-3-4-6-12(10)15;/h8,10,12H,2-7,9,15H2,1H3,(H,16,18);1H. The van der Waals surface area contributed by atoms with Gasteiger partial charge in [-0.1, -0.05) is 19.8 Å². The molecule has 2 unspecified atom stereocenters. The summed E-state index contributed by atoms with van der Waals surface area (Å²) in [6.45, 7) is 2.37. The summed E-state index contributed by atoms with van der Waals surface area (Å²) in [5.41, 5.74) is 6.05. The van der Waals surface area contributed by atoms with Crippen molar-refractivity contribution >= 4 is 18.3 Å². The Balaban J connectivity index is 0.00000200. The summed E-state index contributed by atoms with van der Waals surface area (Å²) in [7, 11) is 0. The third-order valence-electron chi connectivity index (χ3n) is 3.80. The van der Waals surface area contributed by atoms with Crippen LogP contribution in [0.3, 0.4) is 0 Å². The van der Waals surface area contributed by atoms with Crippen molar-refractivity contribution in [1.82, 2.24) is 10.3 Å². The topological polar surface area (TPSA) is 81.2 Å². The van der Waals surface area contributed by atoms with Gasteiger partial charge in [0.15, 0.2) is 0 Å². The zero-order valence-electron chi connectivity index (χ0n) is 11.9. The summed E-state index contributed by atoms with van der Waals surface area (Å²) in [5.74, 6) is 1.78. The fourth-order valence-corrected chi connectivity index (χ4v) is 2.57. The van der Waals surface area contributed by atoms with Crippen LogP contribution in [0, 0.1) is 5.92 Å². The van der Waals surface area contributed by atoms with Gasteiger partial charge in [-0.2, -0.15) is 0 Å². The highest BCUT2D eigenvalue weighted by atomic mass is 35.5. The van der Waals surface area contributed by atoms with E-state index in [0.29, 0.717) is 24.8 Å². The molecule has 1 amide bonds. The van der Waals surface area contributed by atoms with E-state index in [1.807, 2.05) is 6.92 Å². The lowest BCUT2D eigenvalue weighted by Crippen LogP contribution is -2.37. The lowest BCUT2D eigenvalue weighted by Gasteiger charge is -2.27. The number of nitrogens with zero attached hydrogens (tertiary/aromatic N) is 1. The molecule has 3 N–H and O–H groups in total. The van der Waals surface area contributed by atoms with Crippen LogP contribution in [0.15, 0.2) is 10.6 Å². The minimum Gasteiger partial charge on any atom is -0.444 e. The van der Waals surface area contributed by atoms with Gasteiger partial charge in [-0.05, 0) is 18.8 Å². The molecule has 1 aromatic heterocycles. The van der Waals surface area contributed by atoms with Crippen LogP contribution in [-0.4, -0.2) is 16.9 Å². The van der Waals surface area contributed by atoms with Gasteiger partial charge in [-0.15, -0.1) is 12.4 Å². The molecule has 0 aromatic carbocycles. The summed E-state index contributed by atoms with van der Waals surface area (Å²) in [4.78, 5) is 16.0. The lowest BCUT2D eigenvalue weighted by molar-refractivity contribution is -0.122. The number of nitrogens with one attached hydrogen (secondary N) is 1. The van der Waals surface area contributed by atoms with E-state index in [1.165, 1.54) is 12.8 Å². The van der Waals surface area contributed by atoms with Gasteiger partial charge in [-0.25, -0.2) is 4.98 Å². The van der Waals surface area contributed by atoms with Crippen molar-refractivity contribution in [3.8, 4) is 0 Å². The van der Waals surface area contributed by atoms with Gasteiger partial charge in [0.05, 0.1) is 12.7 Å². The maximum Gasteiger partial charge on any atom is 0.220 e. The van der Waals surface area contributed by atoms with Gasteiger partial charge in [0.25, 0.3) is 0 Å². The molecule has 6 heteroatoms. The Hall–Kier alpha value is -1.07. The SMILES string of the molecule is CCc1cnc(CNC(=O)CC2CCCCC2N)o1.Cl. The minimum absolute atomic E-state index is 0. The van der Waals surface area contributed by atoms with Crippen molar-refractivity contribution < 1.29 is 9.21 Å². The quantitative estimate of drug-likeness (QED) is 0.873. The number of halogens is 1. The molecule has 2 atom stereocenters. The second kappa shape index (κ2) is 8.27. The van der Waals surface area contributed by atoms with E-state index in [9.17, 15) is 4.79 Å². The monoisotopic (exact) mass is 301 g/mol. The van der Waals surface area contributed by atoms with Crippen molar-refractivity contribution in [2.75, 3.05) is 0 Å². The van der Waals surface area contributed by atoms with E-state index in [-0.39, 0.29) is 24.4 Å². The van der Waals surface area contributed by atoms with Crippen LogP contribution >= 0.6 is 12.4 Å². The Morgan fingerprint density at radius 1 is 1.50 bits per heavy atom. The molecule has 1 heterocycles. The molecule has 0 saturated heterocycles. The van der Waals surface area contributed by atoms with E-state index in [0.717, 1.165) is 25.0 Å². The number of oxazole rings is 1.